The van der Waals surface area contributed by atoms with Crippen molar-refractivity contribution in [1.82, 2.24) is 4.98 Å². The third-order valence-electron chi connectivity index (χ3n) is 3.32. The Balaban J connectivity index is 2.26. The van der Waals surface area contributed by atoms with Crippen LogP contribution in [0.1, 0.15) is 50.2 Å². The number of aryl methyl sites for hydroxylation is 1. The molecule has 1 atom stereocenters. The van der Waals surface area contributed by atoms with Crippen LogP contribution in [-0.2, 0) is 5.54 Å². The van der Waals surface area contributed by atoms with Crippen LogP contribution in [0.4, 0.5) is 0 Å². The summed E-state index contributed by atoms with van der Waals surface area (Å²) in [5.74, 6) is 0. The first-order valence-corrected chi connectivity index (χ1v) is 6.51. The van der Waals surface area contributed by atoms with Crippen LogP contribution in [-0.4, -0.2) is 4.98 Å². The summed E-state index contributed by atoms with van der Waals surface area (Å²) in [6.45, 7) is 6.67. The lowest BCUT2D eigenvalue weighted by molar-refractivity contribution is 0.151. The molecule has 0 amide bonds. The van der Waals surface area contributed by atoms with Gasteiger partial charge in [-0.2, -0.15) is 0 Å². The summed E-state index contributed by atoms with van der Waals surface area (Å²) in [5, 5.41) is 3.23. The van der Waals surface area contributed by atoms with E-state index in [1.54, 1.807) is 11.3 Å². The van der Waals surface area contributed by atoms with Gasteiger partial charge in [-0.3, -0.25) is 0 Å². The Morgan fingerprint density at radius 1 is 1.40 bits per heavy atom. The van der Waals surface area contributed by atoms with Crippen LogP contribution < -0.4 is 5.73 Å². The van der Waals surface area contributed by atoms with E-state index >= 15 is 0 Å². The third-order valence-corrected chi connectivity index (χ3v) is 4.50. The zero-order valence-corrected chi connectivity index (χ0v) is 10.7. The minimum absolute atomic E-state index is 0.166. The number of hydrogen-bond acceptors (Lipinski definition) is 3. The van der Waals surface area contributed by atoms with Gasteiger partial charge in [0.25, 0.3) is 0 Å². The molecule has 1 fully saturated rings. The topological polar surface area (TPSA) is 38.9 Å². The summed E-state index contributed by atoms with van der Waals surface area (Å²) in [5.41, 5.74) is 7.82. The Kier molecular flexibility index (Phi) is 2.63. The van der Waals surface area contributed by atoms with Gasteiger partial charge in [0.1, 0.15) is 5.01 Å². The van der Waals surface area contributed by atoms with Crippen LogP contribution in [0.15, 0.2) is 5.38 Å². The van der Waals surface area contributed by atoms with E-state index in [1.807, 2.05) is 6.92 Å². The molecule has 1 aromatic heterocycles. The van der Waals surface area contributed by atoms with E-state index in [0.717, 1.165) is 23.5 Å². The van der Waals surface area contributed by atoms with Gasteiger partial charge in [-0.05, 0) is 31.6 Å². The zero-order valence-electron chi connectivity index (χ0n) is 9.84. The zero-order chi connectivity index (χ0) is 11.1. The molecule has 0 radical (unpaired) electrons. The van der Waals surface area contributed by atoms with Gasteiger partial charge in [0.15, 0.2) is 0 Å². The van der Waals surface area contributed by atoms with Crippen molar-refractivity contribution in [3.8, 4) is 0 Å². The second-order valence-corrected chi connectivity index (χ2v) is 6.50. The van der Waals surface area contributed by atoms with Gasteiger partial charge in [0.05, 0.1) is 5.54 Å². The SMILES string of the molecule is Cc1csc(C2(N)CCCC(C)(C)C2)n1. The van der Waals surface area contributed by atoms with Gasteiger partial charge in [-0.1, -0.05) is 20.3 Å². The molecule has 0 aliphatic heterocycles. The van der Waals surface area contributed by atoms with Crippen molar-refractivity contribution in [2.75, 3.05) is 0 Å². The minimum Gasteiger partial charge on any atom is -0.319 e. The summed E-state index contributed by atoms with van der Waals surface area (Å²) < 4.78 is 0. The van der Waals surface area contributed by atoms with Crippen LogP contribution in [0.25, 0.3) is 0 Å². The molecule has 3 heteroatoms. The molecule has 2 nitrogen and oxygen atoms in total. The molecular weight excluding hydrogens is 204 g/mol. The highest BCUT2D eigenvalue weighted by atomic mass is 32.1. The Morgan fingerprint density at radius 3 is 2.67 bits per heavy atom. The van der Waals surface area contributed by atoms with Gasteiger partial charge in [0.2, 0.25) is 0 Å². The number of rotatable bonds is 1. The highest BCUT2D eigenvalue weighted by Crippen LogP contribution is 2.45. The van der Waals surface area contributed by atoms with Crippen molar-refractivity contribution in [3.63, 3.8) is 0 Å². The molecule has 1 aliphatic carbocycles. The molecule has 1 saturated carbocycles. The molecule has 1 heterocycles. The van der Waals surface area contributed by atoms with E-state index in [4.69, 9.17) is 5.73 Å². The number of aromatic nitrogens is 1. The van der Waals surface area contributed by atoms with Crippen LogP contribution in [0.3, 0.4) is 0 Å². The first kappa shape index (κ1) is 11.1. The summed E-state index contributed by atoms with van der Waals surface area (Å²) >= 11 is 1.72. The van der Waals surface area contributed by atoms with Gasteiger partial charge in [-0.15, -0.1) is 11.3 Å². The van der Waals surface area contributed by atoms with E-state index in [0.29, 0.717) is 5.41 Å². The highest BCUT2D eigenvalue weighted by Gasteiger charge is 2.40. The Labute approximate surface area is 95.9 Å². The van der Waals surface area contributed by atoms with Crippen molar-refractivity contribution >= 4 is 11.3 Å². The van der Waals surface area contributed by atoms with E-state index in [-0.39, 0.29) is 5.54 Å². The van der Waals surface area contributed by atoms with Gasteiger partial charge in [-0.25, -0.2) is 4.98 Å². The number of hydrogen-bond donors (Lipinski definition) is 1. The lowest BCUT2D eigenvalue weighted by atomic mass is 9.69. The van der Waals surface area contributed by atoms with Crippen LogP contribution in [0, 0.1) is 12.3 Å². The molecule has 1 aliphatic rings. The number of nitrogens with zero attached hydrogens (tertiary/aromatic N) is 1. The maximum Gasteiger partial charge on any atom is 0.113 e. The second kappa shape index (κ2) is 3.56. The Hall–Kier alpha value is -0.410. The lowest BCUT2D eigenvalue weighted by Crippen LogP contribution is -2.44. The fraction of sp³-hybridized carbons (Fsp3) is 0.750. The second-order valence-electron chi connectivity index (χ2n) is 5.64. The van der Waals surface area contributed by atoms with Crippen molar-refractivity contribution in [1.29, 1.82) is 0 Å². The summed E-state index contributed by atoms with van der Waals surface area (Å²) in [6.07, 6.45) is 4.66. The van der Waals surface area contributed by atoms with E-state index in [2.05, 4.69) is 24.2 Å². The maximum atomic E-state index is 6.52. The van der Waals surface area contributed by atoms with Crippen molar-refractivity contribution in [3.05, 3.63) is 16.1 Å². The molecule has 15 heavy (non-hydrogen) atoms. The average molecular weight is 224 g/mol. The standard InChI is InChI=1S/C12H20N2S/c1-9-7-15-10(14-9)12(13)6-4-5-11(2,3)8-12/h7H,4-6,8,13H2,1-3H3. The molecule has 2 rings (SSSR count). The quantitative estimate of drug-likeness (QED) is 0.795. The molecule has 84 valence electrons. The molecule has 0 bridgehead atoms. The molecule has 2 N–H and O–H groups in total. The Bertz CT molecular complexity index is 356. The lowest BCUT2D eigenvalue weighted by Gasteiger charge is -2.41. The normalized spacial score (nSPS) is 30.4. The molecule has 0 spiro atoms. The third kappa shape index (κ3) is 2.23. The first-order chi connectivity index (χ1) is 6.91. The summed E-state index contributed by atoms with van der Waals surface area (Å²) in [4.78, 5) is 4.57. The van der Waals surface area contributed by atoms with Crippen LogP contribution in [0.5, 0.6) is 0 Å². The summed E-state index contributed by atoms with van der Waals surface area (Å²) in [6, 6.07) is 0. The summed E-state index contributed by atoms with van der Waals surface area (Å²) in [7, 11) is 0. The van der Waals surface area contributed by atoms with E-state index < -0.39 is 0 Å². The smallest absolute Gasteiger partial charge is 0.113 e. The molecule has 0 saturated heterocycles. The molecular formula is C12H20N2S. The first-order valence-electron chi connectivity index (χ1n) is 5.63. The predicted molar refractivity (Wildman–Crippen MR) is 65.0 cm³/mol. The predicted octanol–water partition coefficient (Wildman–Crippen LogP) is 3.21. The number of nitrogens with two attached hydrogens (primary N) is 1. The fourth-order valence-corrected chi connectivity index (χ4v) is 3.62. The van der Waals surface area contributed by atoms with E-state index in [9.17, 15) is 0 Å². The van der Waals surface area contributed by atoms with Gasteiger partial charge in [0, 0.05) is 11.1 Å². The van der Waals surface area contributed by atoms with Crippen LogP contribution >= 0.6 is 11.3 Å². The largest absolute Gasteiger partial charge is 0.319 e. The average Bonchev–Trinajstić information content (AvgIpc) is 2.49. The monoisotopic (exact) mass is 224 g/mol. The molecule has 1 unspecified atom stereocenters. The molecule has 0 aromatic carbocycles. The van der Waals surface area contributed by atoms with Gasteiger partial charge >= 0.3 is 0 Å². The van der Waals surface area contributed by atoms with Crippen molar-refractivity contribution in [2.24, 2.45) is 11.1 Å². The molecule has 1 aromatic rings. The van der Waals surface area contributed by atoms with Crippen molar-refractivity contribution < 1.29 is 0 Å². The number of thiazole rings is 1. The Morgan fingerprint density at radius 2 is 2.13 bits per heavy atom. The highest BCUT2D eigenvalue weighted by molar-refractivity contribution is 7.09. The van der Waals surface area contributed by atoms with E-state index in [1.165, 1.54) is 12.8 Å². The van der Waals surface area contributed by atoms with Gasteiger partial charge < -0.3 is 5.73 Å². The minimum atomic E-state index is -0.166. The fourth-order valence-electron chi connectivity index (χ4n) is 2.68. The van der Waals surface area contributed by atoms with Crippen molar-refractivity contribution in [2.45, 2.75) is 52.0 Å². The maximum absolute atomic E-state index is 6.52. The van der Waals surface area contributed by atoms with Crippen LogP contribution in [0.2, 0.25) is 0 Å².